The Labute approximate surface area is 295 Å². The fourth-order valence-corrected chi connectivity index (χ4v) is 9.52. The zero-order valence-corrected chi connectivity index (χ0v) is 29.8. The highest BCUT2D eigenvalue weighted by atomic mass is 35.5. The quantitative estimate of drug-likeness (QED) is 0.411. The van der Waals surface area contributed by atoms with Crippen LogP contribution in [0.1, 0.15) is 61.6 Å². The maximum Gasteiger partial charge on any atom is 0.322 e. The minimum absolute atomic E-state index is 0.00298. The number of fused-ring (bicyclic) bond motifs is 3. The summed E-state index contributed by atoms with van der Waals surface area (Å²) in [4.78, 5) is 52.3. The number of amides is 4. The summed E-state index contributed by atoms with van der Waals surface area (Å²) in [5.74, 6) is -0.425. The number of halogens is 1. The molecule has 0 radical (unpaired) electrons. The van der Waals surface area contributed by atoms with Crippen LogP contribution in [0.2, 0.25) is 5.02 Å². The molecule has 0 saturated carbocycles. The van der Waals surface area contributed by atoms with Gasteiger partial charge in [-0.2, -0.15) is 0 Å². The van der Waals surface area contributed by atoms with Gasteiger partial charge in [0.1, 0.15) is 0 Å². The van der Waals surface area contributed by atoms with Crippen LogP contribution < -0.4 is 11.1 Å². The van der Waals surface area contributed by atoms with E-state index in [0.717, 1.165) is 54.7 Å². The maximum absolute atomic E-state index is 14.2. The molecule has 0 aliphatic carbocycles. The number of benzene rings is 2. The van der Waals surface area contributed by atoms with Gasteiger partial charge in [0.15, 0.2) is 0 Å². The van der Waals surface area contributed by atoms with Crippen molar-refractivity contribution in [2.75, 3.05) is 63.9 Å². The molecular weight excluding hydrogens is 638 g/mol. The summed E-state index contributed by atoms with van der Waals surface area (Å²) >= 11 is 6.47. The third-order valence-corrected chi connectivity index (χ3v) is 12.6. The van der Waals surface area contributed by atoms with Crippen molar-refractivity contribution in [3.05, 3.63) is 58.1 Å². The molecule has 2 aromatic rings. The second kappa shape index (κ2) is 14.5. The van der Waals surface area contributed by atoms with Gasteiger partial charge in [0.25, 0.3) is 0 Å². The van der Waals surface area contributed by atoms with Crippen LogP contribution in [-0.2, 0) is 22.4 Å². The van der Waals surface area contributed by atoms with E-state index in [1.165, 1.54) is 25.7 Å². The summed E-state index contributed by atoms with van der Waals surface area (Å²) in [6.07, 6.45) is 7.91. The lowest BCUT2D eigenvalue weighted by atomic mass is 9.91. The summed E-state index contributed by atoms with van der Waals surface area (Å²) in [7, 11) is 2.28. The van der Waals surface area contributed by atoms with Crippen molar-refractivity contribution in [3.63, 3.8) is 0 Å². The SMILES string of the molecule is Cc1cc(C[C@@H](CC(=O)N2CCC(N3CCc4ccccc4NC3=O)CC2)C(=O)N2CCN(C3CC4CCC(C3)N4C)CC2)cc(Cl)c1N. The Balaban J connectivity index is 0.981. The van der Waals surface area contributed by atoms with Gasteiger partial charge in [-0.05, 0) is 94.2 Å². The van der Waals surface area contributed by atoms with E-state index in [4.69, 9.17) is 17.3 Å². The molecule has 5 aliphatic rings. The van der Waals surface area contributed by atoms with Crippen LogP contribution in [0.4, 0.5) is 16.2 Å². The number of urea groups is 1. The van der Waals surface area contributed by atoms with E-state index in [9.17, 15) is 14.4 Å². The number of anilines is 2. The molecular formula is C38H52ClN7O3. The highest BCUT2D eigenvalue weighted by Crippen LogP contribution is 2.37. The first kappa shape index (κ1) is 34.1. The highest BCUT2D eigenvalue weighted by Gasteiger charge is 2.41. The lowest BCUT2D eigenvalue weighted by Gasteiger charge is -2.45. The number of nitrogens with two attached hydrogens (primary N) is 1. The van der Waals surface area contributed by atoms with E-state index in [2.05, 4.69) is 28.2 Å². The average Bonchev–Trinajstić information content (AvgIpc) is 3.25. The first-order valence-electron chi connectivity index (χ1n) is 18.4. The number of hydrogen-bond acceptors (Lipinski definition) is 6. The molecule has 0 aromatic heterocycles. The van der Waals surface area contributed by atoms with E-state index >= 15 is 0 Å². The molecule has 264 valence electrons. The van der Waals surface area contributed by atoms with Gasteiger partial charge in [-0.1, -0.05) is 35.9 Å². The fourth-order valence-electron chi connectivity index (χ4n) is 9.23. The van der Waals surface area contributed by atoms with E-state index in [1.54, 1.807) is 0 Å². The minimum atomic E-state index is -0.482. The Morgan fingerprint density at radius 1 is 0.898 bits per heavy atom. The summed E-state index contributed by atoms with van der Waals surface area (Å²) in [5, 5.41) is 3.56. The van der Waals surface area contributed by atoms with Crippen LogP contribution in [-0.4, -0.2) is 119 Å². The zero-order chi connectivity index (χ0) is 34.2. The largest absolute Gasteiger partial charge is 0.397 e. The number of hydrogen-bond donors (Lipinski definition) is 2. The molecule has 2 bridgehead atoms. The van der Waals surface area contributed by atoms with Crippen molar-refractivity contribution in [2.45, 2.75) is 88.9 Å². The van der Waals surface area contributed by atoms with Crippen LogP contribution >= 0.6 is 11.6 Å². The highest BCUT2D eigenvalue weighted by molar-refractivity contribution is 6.33. The first-order valence-corrected chi connectivity index (χ1v) is 18.7. The molecule has 49 heavy (non-hydrogen) atoms. The molecule has 3 N–H and O–H groups in total. The number of piperidine rings is 2. The van der Waals surface area contributed by atoms with Gasteiger partial charge in [0, 0.05) is 82.1 Å². The monoisotopic (exact) mass is 689 g/mol. The third-order valence-electron chi connectivity index (χ3n) is 12.3. The Morgan fingerprint density at radius 3 is 2.29 bits per heavy atom. The Kier molecular flexibility index (Phi) is 10.1. The lowest BCUT2D eigenvalue weighted by Crippen LogP contribution is -2.56. The van der Waals surface area contributed by atoms with Crippen LogP contribution in [0, 0.1) is 12.8 Å². The second-order valence-electron chi connectivity index (χ2n) is 15.1. The first-order chi connectivity index (χ1) is 23.6. The second-order valence-corrected chi connectivity index (χ2v) is 15.5. The third kappa shape index (κ3) is 7.28. The average molecular weight is 690 g/mol. The van der Waals surface area contributed by atoms with Crippen molar-refractivity contribution >= 4 is 40.8 Å². The summed E-state index contributed by atoms with van der Waals surface area (Å²) in [6, 6.07) is 13.8. The van der Waals surface area contributed by atoms with Crippen LogP contribution in [0.15, 0.2) is 36.4 Å². The van der Waals surface area contributed by atoms with Crippen molar-refractivity contribution in [1.82, 2.24) is 24.5 Å². The standard InChI is InChI=1S/C38H52ClN7O3/c1-25-19-26(21-33(39)36(25)40)20-28(37(48)45-17-15-43(16-18-45)32-23-30-7-8-31(24-32)42(30)2)22-35(47)44-12-10-29(11-13-44)46-14-9-27-5-3-4-6-34(27)41-38(46)49/h3-6,19,21,28-32H,7-18,20,22-24,40H2,1-2H3,(H,41,49)/t28-,30?,31?,32?/m0/s1. The fraction of sp³-hybridized carbons (Fsp3) is 0.605. The van der Waals surface area contributed by atoms with Crippen molar-refractivity contribution in [2.24, 2.45) is 5.92 Å². The van der Waals surface area contributed by atoms with Crippen molar-refractivity contribution in [3.8, 4) is 0 Å². The normalized spacial score (nSPS) is 25.9. The van der Waals surface area contributed by atoms with Gasteiger partial charge in [-0.25, -0.2) is 4.79 Å². The predicted molar refractivity (Wildman–Crippen MR) is 194 cm³/mol. The number of carbonyl (C=O) groups is 3. The number of rotatable bonds is 7. The molecule has 5 aliphatic heterocycles. The summed E-state index contributed by atoms with van der Waals surface area (Å²) in [6.45, 7) is 6.89. The Hall–Kier alpha value is -3.34. The number of nitrogens with zero attached hydrogens (tertiary/aromatic N) is 5. The maximum atomic E-state index is 14.2. The number of carbonyl (C=O) groups excluding carboxylic acids is 3. The lowest BCUT2D eigenvalue weighted by molar-refractivity contribution is -0.143. The van der Waals surface area contributed by atoms with E-state index < -0.39 is 5.92 Å². The molecule has 11 heteroatoms. The zero-order valence-electron chi connectivity index (χ0n) is 29.1. The molecule has 0 spiro atoms. The number of piperazine rings is 1. The van der Waals surface area contributed by atoms with E-state index in [1.807, 2.05) is 52.0 Å². The van der Waals surface area contributed by atoms with Gasteiger partial charge in [-0.15, -0.1) is 0 Å². The molecule has 7 rings (SSSR count). The number of likely N-dealkylation sites (tertiary alicyclic amines) is 1. The van der Waals surface area contributed by atoms with Crippen molar-refractivity contribution in [1.29, 1.82) is 0 Å². The molecule has 3 atom stereocenters. The number of nitrogen functional groups attached to an aromatic ring is 1. The summed E-state index contributed by atoms with van der Waals surface area (Å²) in [5.41, 5.74) is 10.5. The van der Waals surface area contributed by atoms with Crippen molar-refractivity contribution < 1.29 is 14.4 Å². The Bertz CT molecular complexity index is 1520. The molecule has 4 saturated heterocycles. The van der Waals surface area contributed by atoms with Gasteiger partial charge < -0.3 is 30.7 Å². The topological polar surface area (TPSA) is 105 Å². The summed E-state index contributed by atoms with van der Waals surface area (Å²) < 4.78 is 0. The van der Waals surface area contributed by atoms with Gasteiger partial charge in [0.2, 0.25) is 11.8 Å². The molecule has 2 unspecified atom stereocenters. The smallest absolute Gasteiger partial charge is 0.322 e. The molecule has 10 nitrogen and oxygen atoms in total. The molecule has 4 fully saturated rings. The minimum Gasteiger partial charge on any atom is -0.397 e. The molecule has 4 amide bonds. The predicted octanol–water partition coefficient (Wildman–Crippen LogP) is 4.63. The van der Waals surface area contributed by atoms with Gasteiger partial charge in [0.05, 0.1) is 16.6 Å². The number of aryl methyl sites for hydroxylation is 1. The van der Waals surface area contributed by atoms with E-state index in [0.29, 0.717) is 68.0 Å². The molecule has 5 heterocycles. The van der Waals surface area contributed by atoms with E-state index in [-0.39, 0.29) is 30.3 Å². The van der Waals surface area contributed by atoms with Gasteiger partial charge >= 0.3 is 6.03 Å². The Morgan fingerprint density at radius 2 is 1.59 bits per heavy atom. The van der Waals surface area contributed by atoms with Crippen LogP contribution in [0.3, 0.4) is 0 Å². The number of nitrogens with one attached hydrogen (secondary N) is 1. The van der Waals surface area contributed by atoms with Crippen LogP contribution in [0.25, 0.3) is 0 Å². The molecule has 2 aromatic carbocycles. The number of para-hydroxylation sites is 1. The van der Waals surface area contributed by atoms with Gasteiger partial charge in [-0.3, -0.25) is 14.5 Å². The van der Waals surface area contributed by atoms with Crippen LogP contribution in [0.5, 0.6) is 0 Å².